The van der Waals surface area contributed by atoms with Gasteiger partial charge in [0, 0.05) is 6.92 Å². The van der Waals surface area contributed by atoms with Gasteiger partial charge in [-0.2, -0.15) is 4.68 Å². The predicted molar refractivity (Wildman–Crippen MR) is 33.0 cm³/mol. The quantitative estimate of drug-likeness (QED) is 0.514. The Hall–Kier alpha value is -1.52. The summed E-state index contributed by atoms with van der Waals surface area (Å²) in [7, 11) is 0. The molecule has 0 unspecified atom stereocenters. The van der Waals surface area contributed by atoms with Crippen LogP contribution in [0.2, 0.25) is 0 Å². The number of H-pyrrole nitrogens is 1. The lowest BCUT2D eigenvalue weighted by Gasteiger charge is -1.93. The number of carbonyl (C=O) groups excluding carboxylic acids is 1. The molecule has 54 valence electrons. The van der Waals surface area contributed by atoms with Gasteiger partial charge in [0.25, 0.3) is 5.56 Å². The van der Waals surface area contributed by atoms with Crippen molar-refractivity contribution in [1.29, 1.82) is 0 Å². The van der Waals surface area contributed by atoms with Crippen LogP contribution < -0.4 is 5.56 Å². The molecule has 1 rings (SSSR count). The van der Waals surface area contributed by atoms with Crippen LogP contribution in [0.5, 0.6) is 5.88 Å². The maximum atomic E-state index is 10.5. The highest BCUT2D eigenvalue weighted by Gasteiger charge is 2.04. The van der Waals surface area contributed by atoms with E-state index in [1.807, 2.05) is 0 Å². The van der Waals surface area contributed by atoms with Crippen molar-refractivity contribution < 1.29 is 9.90 Å². The SMILES string of the molecule is CC(=O)n1[nH]c(=O)cc1O. The van der Waals surface area contributed by atoms with Crippen LogP contribution >= 0.6 is 0 Å². The average Bonchev–Trinajstić information content (AvgIpc) is 2.10. The third-order valence-corrected chi connectivity index (χ3v) is 1.03. The largest absolute Gasteiger partial charge is 0.493 e. The van der Waals surface area contributed by atoms with Crippen LogP contribution in [0.15, 0.2) is 10.9 Å². The van der Waals surface area contributed by atoms with Crippen LogP contribution in [0.25, 0.3) is 0 Å². The summed E-state index contributed by atoms with van der Waals surface area (Å²) in [5, 5.41) is 10.9. The number of aromatic nitrogens is 2. The van der Waals surface area contributed by atoms with Gasteiger partial charge in [-0.25, -0.2) is 0 Å². The van der Waals surface area contributed by atoms with Crippen molar-refractivity contribution in [2.45, 2.75) is 6.92 Å². The Bertz CT molecular complexity index is 309. The minimum absolute atomic E-state index is 0.363. The van der Waals surface area contributed by atoms with E-state index in [9.17, 15) is 9.59 Å². The summed E-state index contributed by atoms with van der Waals surface area (Å²) in [5.41, 5.74) is -0.493. The fourth-order valence-electron chi connectivity index (χ4n) is 0.622. The first-order valence-corrected chi connectivity index (χ1v) is 2.63. The van der Waals surface area contributed by atoms with Crippen LogP contribution in [-0.2, 0) is 0 Å². The molecule has 0 saturated carbocycles. The zero-order valence-corrected chi connectivity index (χ0v) is 5.29. The molecule has 1 aromatic heterocycles. The first kappa shape index (κ1) is 6.60. The van der Waals surface area contributed by atoms with Gasteiger partial charge in [-0.3, -0.25) is 14.7 Å². The van der Waals surface area contributed by atoms with Gasteiger partial charge in [-0.05, 0) is 0 Å². The van der Waals surface area contributed by atoms with E-state index in [0.29, 0.717) is 0 Å². The van der Waals surface area contributed by atoms with Gasteiger partial charge in [-0.15, -0.1) is 0 Å². The van der Waals surface area contributed by atoms with Gasteiger partial charge in [0.2, 0.25) is 11.8 Å². The van der Waals surface area contributed by atoms with Gasteiger partial charge >= 0.3 is 0 Å². The Morgan fingerprint density at radius 1 is 1.80 bits per heavy atom. The van der Waals surface area contributed by atoms with Crippen molar-refractivity contribution in [3.63, 3.8) is 0 Å². The summed E-state index contributed by atoms with van der Waals surface area (Å²) in [6.07, 6.45) is 0. The number of carbonyl (C=O) groups is 1. The number of hydrogen-bond donors (Lipinski definition) is 2. The normalized spacial score (nSPS) is 9.70. The van der Waals surface area contributed by atoms with Crippen LogP contribution in [0.1, 0.15) is 11.7 Å². The van der Waals surface area contributed by atoms with Gasteiger partial charge in [-0.1, -0.05) is 0 Å². The molecular formula is C5H6N2O3. The Morgan fingerprint density at radius 3 is 2.60 bits per heavy atom. The second-order valence-electron chi connectivity index (χ2n) is 1.83. The fourth-order valence-corrected chi connectivity index (χ4v) is 0.622. The molecule has 5 nitrogen and oxygen atoms in total. The van der Waals surface area contributed by atoms with Crippen molar-refractivity contribution in [1.82, 2.24) is 9.78 Å². The first-order chi connectivity index (χ1) is 4.61. The van der Waals surface area contributed by atoms with E-state index in [1.165, 1.54) is 6.92 Å². The highest BCUT2D eigenvalue weighted by Crippen LogP contribution is 2.00. The van der Waals surface area contributed by atoms with E-state index in [0.717, 1.165) is 10.7 Å². The molecule has 1 heterocycles. The molecule has 0 spiro atoms. The third-order valence-electron chi connectivity index (χ3n) is 1.03. The molecule has 0 saturated heterocycles. The summed E-state index contributed by atoms with van der Waals surface area (Å²) >= 11 is 0. The third kappa shape index (κ3) is 0.928. The number of nitrogens with zero attached hydrogens (tertiary/aromatic N) is 1. The van der Waals surface area contributed by atoms with E-state index in [-0.39, 0.29) is 5.88 Å². The van der Waals surface area contributed by atoms with Crippen LogP contribution in [-0.4, -0.2) is 20.8 Å². The van der Waals surface area contributed by atoms with Crippen LogP contribution in [0, 0.1) is 0 Å². The maximum Gasteiger partial charge on any atom is 0.268 e. The zero-order chi connectivity index (χ0) is 7.72. The molecule has 0 bridgehead atoms. The molecule has 0 atom stereocenters. The van der Waals surface area contributed by atoms with Gasteiger partial charge < -0.3 is 5.11 Å². The molecule has 0 aliphatic rings. The smallest absolute Gasteiger partial charge is 0.268 e. The van der Waals surface area contributed by atoms with E-state index in [1.54, 1.807) is 0 Å². The lowest BCUT2D eigenvalue weighted by atomic mass is 10.6. The molecule has 5 heteroatoms. The molecule has 0 aliphatic carbocycles. The monoisotopic (exact) mass is 142 g/mol. The number of aromatic amines is 1. The predicted octanol–water partition coefficient (Wildman–Crippen LogP) is -0.458. The molecule has 0 amide bonds. The topological polar surface area (TPSA) is 75.1 Å². The Balaban J connectivity index is 3.28. The van der Waals surface area contributed by atoms with Crippen LogP contribution in [0.3, 0.4) is 0 Å². The van der Waals surface area contributed by atoms with Crippen molar-refractivity contribution in [3.8, 4) is 5.88 Å². The van der Waals surface area contributed by atoms with Crippen molar-refractivity contribution in [2.24, 2.45) is 0 Å². The minimum atomic E-state index is -0.493. The Labute approximate surface area is 55.9 Å². The second kappa shape index (κ2) is 2.02. The zero-order valence-electron chi connectivity index (χ0n) is 5.29. The van der Waals surface area contributed by atoms with Crippen LogP contribution in [0.4, 0.5) is 0 Å². The molecule has 0 fully saturated rings. The lowest BCUT2D eigenvalue weighted by Crippen LogP contribution is -2.10. The Kier molecular flexibility index (Phi) is 1.33. The summed E-state index contributed by atoms with van der Waals surface area (Å²) in [5.74, 6) is -0.794. The van der Waals surface area contributed by atoms with E-state index in [2.05, 4.69) is 5.10 Å². The van der Waals surface area contributed by atoms with E-state index >= 15 is 0 Å². The summed E-state index contributed by atoms with van der Waals surface area (Å²) in [6, 6.07) is 0.932. The first-order valence-electron chi connectivity index (χ1n) is 2.63. The molecule has 10 heavy (non-hydrogen) atoms. The standard InChI is InChI=1S/C5H6N2O3/c1-3(8)7-5(10)2-4(9)6-7/h2,10H,1H3,(H,6,9). The van der Waals surface area contributed by atoms with Gasteiger partial charge in [0.05, 0.1) is 6.07 Å². The highest BCUT2D eigenvalue weighted by atomic mass is 16.3. The molecule has 1 aromatic rings. The lowest BCUT2D eigenvalue weighted by molar-refractivity contribution is 0.0910. The fraction of sp³-hybridized carbons (Fsp3) is 0.200. The summed E-state index contributed by atoms with van der Waals surface area (Å²) in [6.45, 7) is 1.23. The summed E-state index contributed by atoms with van der Waals surface area (Å²) in [4.78, 5) is 20.9. The average molecular weight is 142 g/mol. The van der Waals surface area contributed by atoms with Gasteiger partial charge in [0.1, 0.15) is 0 Å². The number of rotatable bonds is 0. The molecule has 0 aromatic carbocycles. The molecule has 2 N–H and O–H groups in total. The molecule has 0 radical (unpaired) electrons. The number of hydrogen-bond acceptors (Lipinski definition) is 3. The van der Waals surface area contributed by atoms with Crippen molar-refractivity contribution in [2.75, 3.05) is 0 Å². The van der Waals surface area contributed by atoms with Gasteiger partial charge in [0.15, 0.2) is 0 Å². The number of nitrogens with one attached hydrogen (secondary N) is 1. The number of aromatic hydroxyl groups is 1. The van der Waals surface area contributed by atoms with E-state index in [4.69, 9.17) is 5.11 Å². The molecule has 0 aliphatic heterocycles. The molecular weight excluding hydrogens is 136 g/mol. The Morgan fingerprint density at radius 2 is 2.40 bits per heavy atom. The second-order valence-corrected chi connectivity index (χ2v) is 1.83. The maximum absolute atomic E-state index is 10.5. The van der Waals surface area contributed by atoms with Crippen molar-refractivity contribution in [3.05, 3.63) is 16.4 Å². The van der Waals surface area contributed by atoms with E-state index < -0.39 is 11.5 Å². The minimum Gasteiger partial charge on any atom is -0.493 e. The van der Waals surface area contributed by atoms with Crippen molar-refractivity contribution >= 4 is 5.91 Å². The highest BCUT2D eigenvalue weighted by molar-refractivity contribution is 5.76. The summed E-state index contributed by atoms with van der Waals surface area (Å²) < 4.78 is 0.766.